The van der Waals surface area contributed by atoms with Crippen molar-refractivity contribution in [2.75, 3.05) is 0 Å². The van der Waals surface area contributed by atoms with Gasteiger partial charge in [-0.1, -0.05) is 25.4 Å². The zero-order chi connectivity index (χ0) is 12.1. The molecule has 0 saturated heterocycles. The Morgan fingerprint density at radius 2 is 2.31 bits per heavy atom. The molecule has 0 N–H and O–H groups in total. The fraction of sp³-hybridized carbons (Fsp3) is 0.364. The molecule has 1 aromatic rings. The van der Waals surface area contributed by atoms with Crippen LogP contribution in [0.15, 0.2) is 22.0 Å². The van der Waals surface area contributed by atoms with E-state index in [2.05, 4.69) is 36.2 Å². The number of hydrogen-bond acceptors (Lipinski definition) is 3. The summed E-state index contributed by atoms with van der Waals surface area (Å²) in [4.78, 5) is 4.48. The maximum Gasteiger partial charge on any atom is 0.151 e. The average molecular weight is 276 g/mol. The molecule has 86 valence electrons. The molecule has 0 radical (unpaired) electrons. The van der Waals surface area contributed by atoms with Crippen LogP contribution in [-0.4, -0.2) is 10.4 Å². The van der Waals surface area contributed by atoms with Gasteiger partial charge in [-0.25, -0.2) is 4.39 Å². The van der Waals surface area contributed by atoms with Gasteiger partial charge in [0, 0.05) is 10.1 Å². The van der Waals surface area contributed by atoms with E-state index in [0.29, 0.717) is 10.3 Å². The Morgan fingerprint density at radius 1 is 1.62 bits per heavy atom. The molecule has 16 heavy (non-hydrogen) atoms. The first-order valence-electron chi connectivity index (χ1n) is 4.82. The summed E-state index contributed by atoms with van der Waals surface area (Å²) >= 11 is 12.0. The van der Waals surface area contributed by atoms with Crippen LogP contribution in [0, 0.1) is 5.82 Å². The lowest BCUT2D eigenvalue weighted by atomic mass is 10.3. The number of aliphatic imine (C=N–C) groups is 1. The molecule has 1 rings (SSSR count). The first kappa shape index (κ1) is 13.7. The van der Waals surface area contributed by atoms with Crippen molar-refractivity contribution in [1.82, 2.24) is 0 Å². The van der Waals surface area contributed by atoms with Crippen molar-refractivity contribution >= 4 is 46.4 Å². The van der Waals surface area contributed by atoms with E-state index in [9.17, 15) is 4.39 Å². The summed E-state index contributed by atoms with van der Waals surface area (Å²) in [5, 5.41) is 2.99. The lowest BCUT2D eigenvalue weighted by Crippen LogP contribution is -1.92. The maximum absolute atomic E-state index is 13.4. The highest BCUT2D eigenvalue weighted by molar-refractivity contribution is 8.00. The molecule has 0 saturated carbocycles. The molecule has 0 heterocycles. The summed E-state index contributed by atoms with van der Waals surface area (Å²) in [5.74, 6) is -0.476. The van der Waals surface area contributed by atoms with Crippen molar-refractivity contribution in [3.05, 3.63) is 23.0 Å². The molecule has 0 fully saturated rings. The zero-order valence-corrected chi connectivity index (χ0v) is 11.3. The molecular weight excluding hydrogens is 265 g/mol. The summed E-state index contributed by atoms with van der Waals surface area (Å²) in [5.41, 5.74) is 0.185. The molecule has 1 atom stereocenters. The number of benzene rings is 1. The largest absolute Gasteiger partial charge is 0.205 e. The average Bonchev–Trinajstić information content (AvgIpc) is 2.25. The zero-order valence-electron chi connectivity index (χ0n) is 8.96. The quantitative estimate of drug-likeness (QED) is 0.430. The fourth-order valence-electron chi connectivity index (χ4n) is 1.04. The van der Waals surface area contributed by atoms with Crippen molar-refractivity contribution < 1.29 is 4.39 Å². The molecule has 5 heteroatoms. The molecule has 0 aliphatic rings. The number of halogens is 2. The van der Waals surface area contributed by atoms with Crippen molar-refractivity contribution in [2.24, 2.45) is 4.99 Å². The Balaban J connectivity index is 3.09. The van der Waals surface area contributed by atoms with Gasteiger partial charge in [0.25, 0.3) is 0 Å². The van der Waals surface area contributed by atoms with Gasteiger partial charge in [-0.3, -0.25) is 0 Å². The van der Waals surface area contributed by atoms with Crippen LogP contribution in [0.4, 0.5) is 10.1 Å². The van der Waals surface area contributed by atoms with Gasteiger partial charge in [0.1, 0.15) is 5.69 Å². The smallest absolute Gasteiger partial charge is 0.151 e. The van der Waals surface area contributed by atoms with Crippen molar-refractivity contribution in [1.29, 1.82) is 0 Å². The predicted molar refractivity (Wildman–Crippen MR) is 71.7 cm³/mol. The van der Waals surface area contributed by atoms with Gasteiger partial charge < -0.3 is 0 Å². The number of nitrogens with zero attached hydrogens (tertiary/aromatic N) is 1. The third-order valence-electron chi connectivity index (χ3n) is 2.07. The maximum atomic E-state index is 13.4. The SMILES string of the molecule is CCC(C)Sc1cc(N=C=S)c(F)cc1Cl. The molecule has 0 aromatic heterocycles. The van der Waals surface area contributed by atoms with Crippen LogP contribution < -0.4 is 0 Å². The molecular formula is C11H11ClFNS2. The molecule has 0 amide bonds. The second-order valence-corrected chi connectivity index (χ2v) is 5.34. The summed E-state index contributed by atoms with van der Waals surface area (Å²) in [6, 6.07) is 2.87. The van der Waals surface area contributed by atoms with Gasteiger partial charge in [0.2, 0.25) is 0 Å². The van der Waals surface area contributed by atoms with E-state index in [4.69, 9.17) is 11.6 Å². The number of thiocarbonyl (C=S) groups is 1. The first-order chi connectivity index (χ1) is 7.58. The lowest BCUT2D eigenvalue weighted by Gasteiger charge is -2.10. The monoisotopic (exact) mass is 275 g/mol. The van der Waals surface area contributed by atoms with Gasteiger partial charge in [0.15, 0.2) is 5.82 Å². The van der Waals surface area contributed by atoms with E-state index in [1.165, 1.54) is 6.07 Å². The number of rotatable bonds is 4. The van der Waals surface area contributed by atoms with E-state index in [1.807, 2.05) is 0 Å². The van der Waals surface area contributed by atoms with Crippen LogP contribution in [0.1, 0.15) is 20.3 Å². The number of isothiocyanates is 1. The van der Waals surface area contributed by atoms with Crippen molar-refractivity contribution in [2.45, 2.75) is 30.4 Å². The van der Waals surface area contributed by atoms with Gasteiger partial charge >= 0.3 is 0 Å². The van der Waals surface area contributed by atoms with Gasteiger partial charge in [-0.15, -0.1) is 11.8 Å². The van der Waals surface area contributed by atoms with Gasteiger partial charge in [-0.2, -0.15) is 4.99 Å². The third-order valence-corrected chi connectivity index (χ3v) is 3.91. The topological polar surface area (TPSA) is 12.4 Å². The second-order valence-electron chi connectivity index (χ2n) is 3.27. The molecule has 0 aliphatic carbocycles. The van der Waals surface area contributed by atoms with E-state index in [0.717, 1.165) is 11.3 Å². The minimum Gasteiger partial charge on any atom is -0.205 e. The molecule has 0 spiro atoms. The minimum atomic E-state index is -0.476. The minimum absolute atomic E-state index is 0.185. The van der Waals surface area contributed by atoms with E-state index < -0.39 is 5.82 Å². The van der Waals surface area contributed by atoms with Crippen molar-refractivity contribution in [3.8, 4) is 0 Å². The van der Waals surface area contributed by atoms with Crippen LogP contribution in [0.2, 0.25) is 5.02 Å². The summed E-state index contributed by atoms with van der Waals surface area (Å²) in [6.45, 7) is 4.18. The Kier molecular flexibility index (Phi) is 5.42. The highest BCUT2D eigenvalue weighted by Gasteiger charge is 2.10. The normalized spacial score (nSPS) is 12.0. The molecule has 0 bridgehead atoms. The highest BCUT2D eigenvalue weighted by atomic mass is 35.5. The number of thioether (sulfide) groups is 1. The first-order valence-corrected chi connectivity index (χ1v) is 6.48. The van der Waals surface area contributed by atoms with E-state index in [1.54, 1.807) is 17.8 Å². The van der Waals surface area contributed by atoms with Crippen LogP contribution in [-0.2, 0) is 0 Å². The second kappa shape index (κ2) is 6.36. The van der Waals surface area contributed by atoms with Crippen LogP contribution in [0.5, 0.6) is 0 Å². The van der Waals surface area contributed by atoms with Crippen LogP contribution in [0.3, 0.4) is 0 Å². The summed E-state index contributed by atoms with van der Waals surface area (Å²) in [7, 11) is 0. The lowest BCUT2D eigenvalue weighted by molar-refractivity contribution is 0.629. The number of hydrogen-bond donors (Lipinski definition) is 0. The summed E-state index contributed by atoms with van der Waals surface area (Å²) in [6.07, 6.45) is 1.02. The molecule has 0 aliphatic heterocycles. The Bertz CT molecular complexity index is 430. The van der Waals surface area contributed by atoms with Gasteiger partial charge in [0.05, 0.1) is 10.2 Å². The third kappa shape index (κ3) is 3.56. The Morgan fingerprint density at radius 3 is 2.88 bits per heavy atom. The molecule has 1 unspecified atom stereocenters. The van der Waals surface area contributed by atoms with Crippen LogP contribution >= 0.6 is 35.6 Å². The van der Waals surface area contributed by atoms with Gasteiger partial charge in [-0.05, 0) is 30.8 Å². The predicted octanol–water partition coefficient (Wildman–Crippen LogP) is 5.10. The standard InChI is InChI=1S/C11H11ClFNS2/c1-3-7(2)16-11-5-10(14-6-15)9(13)4-8(11)12/h4-5,7H,3H2,1-2H3. The van der Waals surface area contributed by atoms with Crippen LogP contribution in [0.25, 0.3) is 0 Å². The van der Waals surface area contributed by atoms with E-state index >= 15 is 0 Å². The molecule has 1 nitrogen and oxygen atoms in total. The van der Waals surface area contributed by atoms with E-state index in [-0.39, 0.29) is 5.69 Å². The Hall–Kier alpha value is -0.410. The fourth-order valence-corrected chi connectivity index (χ4v) is 2.38. The Labute approximate surface area is 109 Å². The highest BCUT2D eigenvalue weighted by Crippen LogP contribution is 2.35. The molecule has 1 aromatic carbocycles. The summed E-state index contributed by atoms with van der Waals surface area (Å²) < 4.78 is 13.4. The van der Waals surface area contributed by atoms with Crippen molar-refractivity contribution in [3.63, 3.8) is 0 Å².